The molecule has 0 aliphatic heterocycles. The first-order chi connectivity index (χ1) is 16.7. The molecule has 0 atom stereocenters. The lowest BCUT2D eigenvalue weighted by Crippen LogP contribution is -2.09. The Kier molecular flexibility index (Phi) is 7.26. The van der Waals surface area contributed by atoms with Gasteiger partial charge in [-0.15, -0.1) is 0 Å². The fraction of sp³-hybridized carbons (Fsp3) is 0.0455. The summed E-state index contributed by atoms with van der Waals surface area (Å²) in [7, 11) is -9.42. The SMILES string of the molecule is Nc1ccc(C=Cc2ccc(NCc3c(O)cc(O)cc3C(=O)O)cc2S(=O)(=O)O)c(S(=O)(=O)O)c1. The number of carbonyl (C=O) groups is 1. The fourth-order valence-corrected chi connectivity index (χ4v) is 4.73. The van der Waals surface area contributed by atoms with Crippen LogP contribution in [0.1, 0.15) is 27.0 Å². The van der Waals surface area contributed by atoms with Gasteiger partial charge in [-0.3, -0.25) is 9.11 Å². The number of anilines is 2. The van der Waals surface area contributed by atoms with E-state index in [0.717, 1.165) is 24.3 Å². The van der Waals surface area contributed by atoms with Gasteiger partial charge in [0.1, 0.15) is 21.3 Å². The van der Waals surface area contributed by atoms with Crippen molar-refractivity contribution in [1.29, 1.82) is 0 Å². The third kappa shape index (κ3) is 6.11. The molecule has 0 aromatic heterocycles. The number of carboxylic acids is 1. The molecular weight excluding hydrogens is 516 g/mol. The van der Waals surface area contributed by atoms with Crippen LogP contribution < -0.4 is 11.1 Å². The lowest BCUT2D eigenvalue weighted by atomic mass is 10.1. The fourth-order valence-electron chi connectivity index (χ4n) is 3.31. The van der Waals surface area contributed by atoms with Crippen LogP contribution in [0.4, 0.5) is 11.4 Å². The van der Waals surface area contributed by atoms with E-state index in [0.29, 0.717) is 0 Å². The van der Waals surface area contributed by atoms with Gasteiger partial charge in [0, 0.05) is 29.5 Å². The number of hydrogen-bond donors (Lipinski definition) is 7. The molecule has 14 heteroatoms. The van der Waals surface area contributed by atoms with Crippen molar-refractivity contribution in [2.75, 3.05) is 11.1 Å². The van der Waals surface area contributed by atoms with Crippen LogP contribution in [0.25, 0.3) is 12.2 Å². The number of phenols is 2. The third-order valence-electron chi connectivity index (χ3n) is 4.96. The monoisotopic (exact) mass is 536 g/mol. The summed E-state index contributed by atoms with van der Waals surface area (Å²) in [5.74, 6) is -2.38. The van der Waals surface area contributed by atoms with E-state index in [9.17, 15) is 46.1 Å². The van der Waals surface area contributed by atoms with Crippen LogP contribution in [-0.2, 0) is 26.8 Å². The van der Waals surface area contributed by atoms with E-state index in [1.807, 2.05) is 0 Å². The second-order valence-corrected chi connectivity index (χ2v) is 10.3. The molecule has 0 fully saturated rings. The summed E-state index contributed by atoms with van der Waals surface area (Å²) in [6.07, 6.45) is 2.40. The molecule has 190 valence electrons. The zero-order chi connectivity index (χ0) is 26.8. The Hall–Kier alpha value is -4.11. The molecule has 3 rings (SSSR count). The lowest BCUT2D eigenvalue weighted by Gasteiger charge is -2.13. The van der Waals surface area contributed by atoms with Crippen molar-refractivity contribution in [1.82, 2.24) is 0 Å². The molecular formula is C22H20N2O10S2. The molecule has 0 saturated heterocycles. The zero-order valence-electron chi connectivity index (χ0n) is 18.2. The van der Waals surface area contributed by atoms with E-state index in [1.54, 1.807) is 0 Å². The van der Waals surface area contributed by atoms with Gasteiger partial charge in [0.25, 0.3) is 20.2 Å². The van der Waals surface area contributed by atoms with Crippen LogP contribution in [0.3, 0.4) is 0 Å². The van der Waals surface area contributed by atoms with Crippen molar-refractivity contribution >= 4 is 49.7 Å². The van der Waals surface area contributed by atoms with Gasteiger partial charge in [0.05, 0.1) is 5.56 Å². The number of nitrogen functional groups attached to an aromatic ring is 1. The van der Waals surface area contributed by atoms with Gasteiger partial charge in [-0.1, -0.05) is 24.3 Å². The highest BCUT2D eigenvalue weighted by atomic mass is 32.2. The summed E-state index contributed by atoms with van der Waals surface area (Å²) >= 11 is 0. The number of hydrogen-bond acceptors (Lipinski definition) is 9. The summed E-state index contributed by atoms with van der Waals surface area (Å²) < 4.78 is 66.4. The van der Waals surface area contributed by atoms with Crippen molar-refractivity contribution in [2.24, 2.45) is 0 Å². The minimum absolute atomic E-state index is 0.000746. The molecule has 3 aromatic rings. The Morgan fingerprint density at radius 1 is 0.861 bits per heavy atom. The normalized spacial score (nSPS) is 12.1. The van der Waals surface area contributed by atoms with E-state index < -0.39 is 47.5 Å². The van der Waals surface area contributed by atoms with Crippen molar-refractivity contribution in [3.05, 3.63) is 70.8 Å². The van der Waals surface area contributed by atoms with Gasteiger partial charge in [-0.05, 0) is 41.5 Å². The van der Waals surface area contributed by atoms with Crippen molar-refractivity contribution in [2.45, 2.75) is 16.3 Å². The number of aromatic hydroxyl groups is 2. The summed E-state index contributed by atoms with van der Waals surface area (Å²) in [6.45, 7) is -0.281. The predicted octanol–water partition coefficient (Wildman–Crippen LogP) is 2.65. The van der Waals surface area contributed by atoms with Crippen molar-refractivity contribution in [3.63, 3.8) is 0 Å². The molecule has 0 saturated carbocycles. The number of benzene rings is 3. The summed E-state index contributed by atoms with van der Waals surface area (Å²) in [5.41, 5.74) is 5.24. The molecule has 36 heavy (non-hydrogen) atoms. The number of aromatic carboxylic acids is 1. The minimum atomic E-state index is -4.78. The molecule has 3 aromatic carbocycles. The van der Waals surface area contributed by atoms with Crippen molar-refractivity contribution < 1.29 is 46.1 Å². The molecule has 0 aliphatic carbocycles. The molecule has 0 aliphatic rings. The van der Waals surface area contributed by atoms with E-state index in [2.05, 4.69) is 5.32 Å². The van der Waals surface area contributed by atoms with Crippen molar-refractivity contribution in [3.8, 4) is 11.5 Å². The summed E-state index contributed by atoms with van der Waals surface area (Å²) in [4.78, 5) is 10.4. The summed E-state index contributed by atoms with van der Waals surface area (Å²) in [5, 5.41) is 31.6. The Morgan fingerprint density at radius 3 is 1.97 bits per heavy atom. The average Bonchev–Trinajstić information content (AvgIpc) is 2.76. The van der Waals surface area contributed by atoms with E-state index in [-0.39, 0.29) is 40.2 Å². The van der Waals surface area contributed by atoms with Crippen LogP contribution in [0, 0.1) is 0 Å². The number of nitrogens with two attached hydrogens (primary N) is 1. The summed E-state index contributed by atoms with van der Waals surface area (Å²) in [6, 6.07) is 9.28. The Morgan fingerprint density at radius 2 is 1.42 bits per heavy atom. The smallest absolute Gasteiger partial charge is 0.336 e. The van der Waals surface area contributed by atoms with Gasteiger partial charge in [-0.2, -0.15) is 16.8 Å². The van der Waals surface area contributed by atoms with Crippen LogP contribution in [-0.4, -0.2) is 47.2 Å². The molecule has 0 spiro atoms. The highest BCUT2D eigenvalue weighted by Crippen LogP contribution is 2.30. The highest BCUT2D eigenvalue weighted by molar-refractivity contribution is 7.86. The maximum atomic E-state index is 12.0. The Balaban J connectivity index is 1.98. The third-order valence-corrected chi connectivity index (χ3v) is 6.78. The van der Waals surface area contributed by atoms with Crippen LogP contribution in [0.2, 0.25) is 0 Å². The van der Waals surface area contributed by atoms with Gasteiger partial charge >= 0.3 is 5.97 Å². The Labute approximate surface area is 205 Å². The maximum Gasteiger partial charge on any atom is 0.336 e. The van der Waals surface area contributed by atoms with Gasteiger partial charge in [0.2, 0.25) is 0 Å². The van der Waals surface area contributed by atoms with E-state index in [4.69, 9.17) is 5.73 Å². The first kappa shape index (κ1) is 26.5. The van der Waals surface area contributed by atoms with Crippen LogP contribution in [0.15, 0.2) is 58.3 Å². The molecule has 8 N–H and O–H groups in total. The minimum Gasteiger partial charge on any atom is -0.508 e. The van der Waals surface area contributed by atoms with Crippen LogP contribution in [0.5, 0.6) is 11.5 Å². The standard InChI is InChI=1S/C22H20N2O10S2/c23-14-5-3-12(20(7-14)35(29,30)31)1-2-13-4-6-15(8-21(13)36(32,33)34)24-11-18-17(22(27)28)9-16(25)10-19(18)26/h1-10,24-26H,11,23H2,(H,27,28)(H,29,30,31)(H,32,33,34). The largest absolute Gasteiger partial charge is 0.508 e. The molecule has 0 bridgehead atoms. The van der Waals surface area contributed by atoms with Gasteiger partial charge in [0.15, 0.2) is 0 Å². The second-order valence-electron chi connectivity index (χ2n) is 7.48. The molecule has 12 nitrogen and oxygen atoms in total. The van der Waals surface area contributed by atoms with Gasteiger partial charge < -0.3 is 26.4 Å². The second kappa shape index (κ2) is 9.87. The lowest BCUT2D eigenvalue weighted by molar-refractivity contribution is 0.0694. The van der Waals surface area contributed by atoms with E-state index >= 15 is 0 Å². The number of phenolic OH excluding ortho intramolecular Hbond substituents is 2. The van der Waals surface area contributed by atoms with E-state index in [1.165, 1.54) is 36.4 Å². The topological polar surface area (TPSA) is 225 Å². The average molecular weight is 537 g/mol. The number of carboxylic acid groups (broad SMARTS) is 1. The molecule has 0 radical (unpaired) electrons. The Bertz CT molecular complexity index is 1600. The molecule has 0 amide bonds. The van der Waals surface area contributed by atoms with Gasteiger partial charge in [-0.25, -0.2) is 4.79 Å². The first-order valence-corrected chi connectivity index (χ1v) is 12.7. The zero-order valence-corrected chi connectivity index (χ0v) is 19.8. The molecule has 0 unspecified atom stereocenters. The van der Waals surface area contributed by atoms with Crippen LogP contribution >= 0.6 is 0 Å². The first-order valence-electron chi connectivity index (χ1n) is 9.85. The molecule has 0 heterocycles. The highest BCUT2D eigenvalue weighted by Gasteiger charge is 2.19. The maximum absolute atomic E-state index is 12.0. The predicted molar refractivity (Wildman–Crippen MR) is 130 cm³/mol. The number of nitrogens with one attached hydrogen (secondary N) is 1. The quantitative estimate of drug-likeness (QED) is 0.125. The number of rotatable bonds is 8.